The van der Waals surface area contributed by atoms with Crippen LogP contribution < -0.4 is 0 Å². The molecular weight excluding hydrogens is 608 g/mol. The number of fused-ring (bicyclic) bond motifs is 5. The number of carbonyl (C=O) groups excluding carboxylic acids is 3. The van der Waals surface area contributed by atoms with E-state index < -0.39 is 45.8 Å². The standard InChI is InChI=1S/C33H43ClO9S/c1-4-5-6-17-41-30(38)43-33(28(37)20-42-44(39,40)24-10-8-22(34)9-11-24)16-14-26-25-12-7-21-18-23(35)13-15-31(21,2)29(25)27(36)19-32(26,33)3/h8-11,18,25-27,29,36H,4-7,12-17,19-20H2,1-3H3/t25-,26-,27-,29+,31-,32-,33-/m0/s1. The van der Waals surface area contributed by atoms with Crippen molar-refractivity contribution in [1.82, 2.24) is 0 Å². The van der Waals surface area contributed by atoms with Crippen molar-refractivity contribution in [2.24, 2.45) is 28.6 Å². The van der Waals surface area contributed by atoms with Gasteiger partial charge in [0.15, 0.2) is 11.4 Å². The number of rotatable bonds is 10. The van der Waals surface area contributed by atoms with Crippen molar-refractivity contribution < 1.29 is 41.6 Å². The number of ether oxygens (including phenoxy) is 2. The Kier molecular flexibility index (Phi) is 9.40. The molecular formula is C33H43ClO9S. The van der Waals surface area contributed by atoms with Gasteiger partial charge in [-0.25, -0.2) is 4.79 Å². The van der Waals surface area contributed by atoms with Gasteiger partial charge in [0.05, 0.1) is 17.6 Å². The normalized spacial score (nSPS) is 34.8. The average molecular weight is 651 g/mol. The van der Waals surface area contributed by atoms with Gasteiger partial charge in [0.25, 0.3) is 10.1 Å². The third-order valence-electron chi connectivity index (χ3n) is 11.1. The molecule has 0 heterocycles. The van der Waals surface area contributed by atoms with Crippen LogP contribution in [-0.4, -0.2) is 56.2 Å². The summed E-state index contributed by atoms with van der Waals surface area (Å²) in [6, 6.07) is 5.40. The Morgan fingerprint density at radius 1 is 1.07 bits per heavy atom. The molecule has 0 bridgehead atoms. The Labute approximate surface area is 264 Å². The molecule has 242 valence electrons. The van der Waals surface area contributed by atoms with Crippen LogP contribution in [0.2, 0.25) is 5.02 Å². The van der Waals surface area contributed by atoms with E-state index >= 15 is 0 Å². The minimum Gasteiger partial charge on any atom is -0.434 e. The van der Waals surface area contributed by atoms with E-state index in [1.165, 1.54) is 24.3 Å². The van der Waals surface area contributed by atoms with Crippen LogP contribution in [0.5, 0.6) is 0 Å². The molecule has 0 aliphatic heterocycles. The highest BCUT2D eigenvalue weighted by molar-refractivity contribution is 7.86. The van der Waals surface area contributed by atoms with Gasteiger partial charge in [0, 0.05) is 16.9 Å². The Hall–Kier alpha value is -2.27. The predicted molar refractivity (Wildman–Crippen MR) is 162 cm³/mol. The zero-order valence-corrected chi connectivity index (χ0v) is 27.3. The van der Waals surface area contributed by atoms with E-state index in [0.29, 0.717) is 30.7 Å². The van der Waals surface area contributed by atoms with Gasteiger partial charge in [-0.1, -0.05) is 50.8 Å². The highest BCUT2D eigenvalue weighted by Gasteiger charge is 2.70. The summed E-state index contributed by atoms with van der Waals surface area (Å²) in [6.45, 7) is 5.34. The first kappa shape index (κ1) is 33.1. The maximum absolute atomic E-state index is 14.2. The van der Waals surface area contributed by atoms with Gasteiger partial charge in [-0.3, -0.25) is 13.8 Å². The summed E-state index contributed by atoms with van der Waals surface area (Å²) >= 11 is 5.90. The van der Waals surface area contributed by atoms with Crippen molar-refractivity contribution in [3.63, 3.8) is 0 Å². The molecule has 5 rings (SSSR count). The van der Waals surface area contributed by atoms with Gasteiger partial charge in [0.1, 0.15) is 6.61 Å². The molecule has 4 aliphatic rings. The summed E-state index contributed by atoms with van der Waals surface area (Å²) in [5.41, 5.74) is -1.99. The Morgan fingerprint density at radius 2 is 1.80 bits per heavy atom. The summed E-state index contributed by atoms with van der Waals surface area (Å²) in [6.07, 6.45) is 5.86. The third kappa shape index (κ3) is 5.76. The van der Waals surface area contributed by atoms with Gasteiger partial charge in [-0.15, -0.1) is 0 Å². The van der Waals surface area contributed by atoms with Crippen molar-refractivity contribution in [3.8, 4) is 0 Å². The second-order valence-corrected chi connectivity index (χ2v) is 15.5. The first-order valence-corrected chi connectivity index (χ1v) is 17.5. The lowest BCUT2D eigenvalue weighted by Gasteiger charge is -2.60. The molecule has 1 aromatic carbocycles. The second kappa shape index (κ2) is 12.5. The number of ketones is 2. The van der Waals surface area contributed by atoms with E-state index in [1.807, 2.05) is 13.8 Å². The molecule has 0 radical (unpaired) electrons. The molecule has 7 atom stereocenters. The maximum Gasteiger partial charge on any atom is 0.509 e. The predicted octanol–water partition coefficient (Wildman–Crippen LogP) is 6.20. The number of Topliss-reactive ketones (excluding diaryl/α,β-unsaturated/α-hetero) is 1. The van der Waals surface area contributed by atoms with E-state index in [-0.39, 0.29) is 53.3 Å². The number of aliphatic hydroxyl groups is 1. The zero-order chi connectivity index (χ0) is 31.9. The lowest BCUT2D eigenvalue weighted by Crippen LogP contribution is -2.63. The molecule has 1 aromatic rings. The van der Waals surface area contributed by atoms with Crippen LogP contribution in [0.4, 0.5) is 4.79 Å². The number of allylic oxidation sites excluding steroid dienone is 1. The first-order chi connectivity index (χ1) is 20.8. The van der Waals surface area contributed by atoms with Gasteiger partial charge in [-0.2, -0.15) is 8.42 Å². The number of aliphatic hydroxyl groups excluding tert-OH is 1. The van der Waals surface area contributed by atoms with Crippen molar-refractivity contribution in [2.45, 2.75) is 102 Å². The zero-order valence-electron chi connectivity index (χ0n) is 25.7. The minimum absolute atomic E-state index is 0.0247. The number of benzene rings is 1. The molecule has 0 amide bonds. The van der Waals surface area contributed by atoms with Crippen LogP contribution in [0.3, 0.4) is 0 Å². The Balaban J connectivity index is 1.44. The molecule has 3 fully saturated rings. The van der Waals surface area contributed by atoms with Crippen molar-refractivity contribution >= 4 is 39.4 Å². The number of unbranched alkanes of at least 4 members (excludes halogenated alkanes) is 2. The van der Waals surface area contributed by atoms with Gasteiger partial charge < -0.3 is 14.6 Å². The van der Waals surface area contributed by atoms with Gasteiger partial charge in [-0.05, 0) is 98.5 Å². The smallest absolute Gasteiger partial charge is 0.434 e. The number of halogens is 1. The van der Waals surface area contributed by atoms with Gasteiger partial charge in [0.2, 0.25) is 5.78 Å². The largest absolute Gasteiger partial charge is 0.509 e. The summed E-state index contributed by atoms with van der Waals surface area (Å²) in [7, 11) is -4.32. The van der Waals surface area contributed by atoms with Crippen molar-refractivity contribution in [1.29, 1.82) is 0 Å². The SMILES string of the molecule is CCCCCOC(=O)O[C@]1(C(=O)COS(=O)(=O)c2ccc(Cl)cc2)CC[C@H]2[C@@H]3CCC4=CC(=O)CC[C@]4(C)[C@H]3[C@@H](O)C[C@@]21C. The summed E-state index contributed by atoms with van der Waals surface area (Å²) < 4.78 is 42.6. The fraction of sp³-hybridized carbons (Fsp3) is 0.667. The van der Waals surface area contributed by atoms with Crippen LogP contribution in [0, 0.1) is 28.6 Å². The minimum atomic E-state index is -4.32. The highest BCUT2D eigenvalue weighted by atomic mass is 35.5. The van der Waals surface area contributed by atoms with E-state index in [9.17, 15) is 27.9 Å². The summed E-state index contributed by atoms with van der Waals surface area (Å²) in [5, 5.41) is 12.2. The van der Waals surface area contributed by atoms with Crippen LogP contribution >= 0.6 is 11.6 Å². The van der Waals surface area contributed by atoms with E-state index in [0.717, 1.165) is 31.3 Å². The van der Waals surface area contributed by atoms with E-state index in [4.69, 9.17) is 25.3 Å². The molecule has 3 saturated carbocycles. The average Bonchev–Trinajstić information content (AvgIpc) is 3.26. The van der Waals surface area contributed by atoms with Crippen molar-refractivity contribution in [2.75, 3.05) is 13.2 Å². The Morgan fingerprint density at radius 3 is 2.50 bits per heavy atom. The Bertz CT molecular complexity index is 1420. The topological polar surface area (TPSA) is 133 Å². The van der Waals surface area contributed by atoms with Crippen LogP contribution in [-0.2, 0) is 33.4 Å². The summed E-state index contributed by atoms with van der Waals surface area (Å²) in [5.74, 6) is -0.728. The number of carbonyl (C=O) groups is 3. The molecule has 4 aliphatic carbocycles. The second-order valence-electron chi connectivity index (χ2n) is 13.4. The fourth-order valence-electron chi connectivity index (χ4n) is 8.95. The van der Waals surface area contributed by atoms with Crippen LogP contribution in [0.15, 0.2) is 40.8 Å². The fourth-order valence-corrected chi connectivity index (χ4v) is 9.95. The quantitative estimate of drug-likeness (QED) is 0.178. The lowest BCUT2D eigenvalue weighted by molar-refractivity contribution is -0.186. The molecule has 0 aromatic heterocycles. The van der Waals surface area contributed by atoms with Crippen LogP contribution in [0.1, 0.15) is 85.0 Å². The monoisotopic (exact) mass is 650 g/mol. The van der Waals surface area contributed by atoms with Crippen LogP contribution in [0.25, 0.3) is 0 Å². The lowest BCUT2D eigenvalue weighted by atomic mass is 9.45. The third-order valence-corrected chi connectivity index (χ3v) is 12.7. The maximum atomic E-state index is 14.2. The molecule has 11 heteroatoms. The van der Waals surface area contributed by atoms with E-state index in [2.05, 4.69) is 6.92 Å². The van der Waals surface area contributed by atoms with E-state index in [1.54, 1.807) is 6.08 Å². The van der Waals surface area contributed by atoms with Gasteiger partial charge >= 0.3 is 6.16 Å². The molecule has 9 nitrogen and oxygen atoms in total. The highest BCUT2D eigenvalue weighted by Crippen LogP contribution is 2.68. The molecule has 44 heavy (non-hydrogen) atoms. The molecule has 1 N–H and O–H groups in total. The number of hydrogen-bond donors (Lipinski definition) is 1. The molecule has 0 spiro atoms. The molecule has 0 unspecified atom stereocenters. The van der Waals surface area contributed by atoms with Crippen molar-refractivity contribution in [3.05, 3.63) is 40.9 Å². The first-order valence-electron chi connectivity index (χ1n) is 15.7. The number of hydrogen-bond acceptors (Lipinski definition) is 9. The molecule has 0 saturated heterocycles. The summed E-state index contributed by atoms with van der Waals surface area (Å²) in [4.78, 5) is 39.4.